The molecule has 33 heavy (non-hydrogen) atoms. The van der Waals surface area contributed by atoms with Gasteiger partial charge in [-0.25, -0.2) is 13.4 Å². The number of anilines is 1. The molecule has 0 saturated carbocycles. The molecule has 0 spiro atoms. The fraction of sp³-hybridized carbons (Fsp3) is 0.400. The van der Waals surface area contributed by atoms with E-state index < -0.39 is 15.1 Å². The van der Waals surface area contributed by atoms with Gasteiger partial charge in [-0.3, -0.25) is 0 Å². The van der Waals surface area contributed by atoms with Gasteiger partial charge in [0.15, 0.2) is 15.0 Å². The molecule has 1 aliphatic heterocycles. The minimum Gasteiger partial charge on any atom is -0.497 e. The van der Waals surface area contributed by atoms with E-state index in [1.54, 1.807) is 36.6 Å². The number of hydrogen-bond acceptors (Lipinski definition) is 7. The monoisotopic (exact) mass is 486 g/mol. The Morgan fingerprint density at radius 3 is 2.36 bits per heavy atom. The van der Waals surface area contributed by atoms with E-state index in [2.05, 4.69) is 42.3 Å². The predicted molar refractivity (Wildman–Crippen MR) is 133 cm³/mol. The molecule has 6 nitrogen and oxygen atoms in total. The van der Waals surface area contributed by atoms with Gasteiger partial charge in [0.2, 0.25) is 0 Å². The summed E-state index contributed by atoms with van der Waals surface area (Å²) in [5, 5.41) is 2.64. The van der Waals surface area contributed by atoms with Crippen molar-refractivity contribution in [3.63, 3.8) is 0 Å². The molecule has 1 aromatic heterocycles. The summed E-state index contributed by atoms with van der Waals surface area (Å²) in [7, 11) is -0.476. The molecule has 0 N–H and O–H groups in total. The molecule has 4 rings (SSSR count). The number of nitrogens with zero attached hydrogens (tertiary/aromatic N) is 2. The summed E-state index contributed by atoms with van der Waals surface area (Å²) in [6.07, 6.45) is 1.92. The third-order valence-electron chi connectivity index (χ3n) is 6.03. The third-order valence-corrected chi connectivity index (χ3v) is 9.28. The van der Waals surface area contributed by atoms with Gasteiger partial charge in [-0.05, 0) is 44.4 Å². The lowest BCUT2D eigenvalue weighted by Gasteiger charge is -2.31. The van der Waals surface area contributed by atoms with E-state index >= 15 is 0 Å². The Morgan fingerprint density at radius 1 is 1.03 bits per heavy atom. The number of aromatic nitrogens is 1. The number of ether oxygens (including phenoxy) is 2. The van der Waals surface area contributed by atoms with Crippen LogP contribution in [0.3, 0.4) is 0 Å². The SMILES string of the molecule is COc1ccc(S(=O)(=O)C2CCN(c3nc(Cc4cc(C)cc(C)c4)cs3)CC2)c(OC)c1. The Hall–Kier alpha value is -2.58. The van der Waals surface area contributed by atoms with E-state index in [4.69, 9.17) is 14.5 Å². The van der Waals surface area contributed by atoms with E-state index in [0.717, 1.165) is 17.2 Å². The van der Waals surface area contributed by atoms with Gasteiger partial charge >= 0.3 is 0 Å². The largest absolute Gasteiger partial charge is 0.497 e. The van der Waals surface area contributed by atoms with Crippen molar-refractivity contribution < 1.29 is 17.9 Å². The number of thiazole rings is 1. The molecular formula is C25H30N2O4S2. The topological polar surface area (TPSA) is 68.7 Å². The predicted octanol–water partition coefficient (Wildman–Crippen LogP) is 4.81. The molecule has 2 aromatic carbocycles. The fourth-order valence-corrected chi connectivity index (χ4v) is 7.20. The van der Waals surface area contributed by atoms with Crippen LogP contribution in [-0.4, -0.2) is 46.0 Å². The van der Waals surface area contributed by atoms with Gasteiger partial charge in [0, 0.05) is 31.0 Å². The maximum atomic E-state index is 13.3. The average molecular weight is 487 g/mol. The highest BCUT2D eigenvalue weighted by Gasteiger charge is 2.34. The molecule has 1 fully saturated rings. The van der Waals surface area contributed by atoms with Gasteiger partial charge in [-0.1, -0.05) is 29.3 Å². The molecule has 0 unspecified atom stereocenters. The summed E-state index contributed by atoms with van der Waals surface area (Å²) < 4.78 is 37.2. The minimum atomic E-state index is -3.50. The quantitative estimate of drug-likeness (QED) is 0.477. The molecule has 0 bridgehead atoms. The summed E-state index contributed by atoms with van der Waals surface area (Å²) in [6.45, 7) is 5.56. The van der Waals surface area contributed by atoms with Gasteiger partial charge in [0.05, 0.1) is 25.2 Å². The van der Waals surface area contributed by atoms with Crippen LogP contribution < -0.4 is 14.4 Å². The molecule has 0 aliphatic carbocycles. The second kappa shape index (κ2) is 9.73. The van der Waals surface area contributed by atoms with Crippen molar-refractivity contribution in [3.8, 4) is 11.5 Å². The zero-order valence-corrected chi connectivity index (χ0v) is 21.1. The van der Waals surface area contributed by atoms with Crippen molar-refractivity contribution in [1.29, 1.82) is 0 Å². The van der Waals surface area contributed by atoms with Crippen molar-refractivity contribution in [2.75, 3.05) is 32.2 Å². The average Bonchev–Trinajstić information content (AvgIpc) is 3.26. The summed E-state index contributed by atoms with van der Waals surface area (Å²) in [6, 6.07) is 11.5. The van der Waals surface area contributed by atoms with Crippen LogP contribution in [-0.2, 0) is 16.3 Å². The lowest BCUT2D eigenvalue weighted by Crippen LogP contribution is -2.39. The molecule has 2 heterocycles. The van der Waals surface area contributed by atoms with Crippen molar-refractivity contribution >= 4 is 26.3 Å². The van der Waals surface area contributed by atoms with Gasteiger partial charge in [-0.2, -0.15) is 0 Å². The second-order valence-corrected chi connectivity index (χ2v) is 11.6. The molecule has 1 saturated heterocycles. The molecule has 1 aliphatic rings. The lowest BCUT2D eigenvalue weighted by atomic mass is 10.0. The van der Waals surface area contributed by atoms with E-state index in [0.29, 0.717) is 37.4 Å². The standard InChI is InChI=1S/C25H30N2O4S2/c1-17-11-18(2)13-19(12-17)14-20-16-32-25(26-20)27-9-7-22(8-10-27)33(28,29)24-6-5-21(30-3)15-23(24)31-4/h5-6,11-13,15-16,22H,7-10,14H2,1-4H3. The van der Waals surface area contributed by atoms with Crippen LogP contribution in [0.15, 0.2) is 46.7 Å². The number of piperidine rings is 1. The number of sulfone groups is 1. The van der Waals surface area contributed by atoms with Gasteiger partial charge in [0.1, 0.15) is 16.4 Å². The van der Waals surface area contributed by atoms with Crippen LogP contribution in [0.2, 0.25) is 0 Å². The van der Waals surface area contributed by atoms with Crippen molar-refractivity contribution in [3.05, 3.63) is 64.2 Å². The van der Waals surface area contributed by atoms with Crippen molar-refractivity contribution in [1.82, 2.24) is 4.98 Å². The second-order valence-electron chi connectivity index (χ2n) is 8.54. The van der Waals surface area contributed by atoms with Crippen molar-refractivity contribution in [2.24, 2.45) is 0 Å². The smallest absolute Gasteiger partial charge is 0.185 e. The van der Waals surface area contributed by atoms with Gasteiger partial charge in [0.25, 0.3) is 0 Å². The van der Waals surface area contributed by atoms with Gasteiger partial charge in [-0.15, -0.1) is 11.3 Å². The first-order valence-electron chi connectivity index (χ1n) is 11.0. The maximum absolute atomic E-state index is 13.3. The van der Waals surface area contributed by atoms with Crippen LogP contribution >= 0.6 is 11.3 Å². The van der Waals surface area contributed by atoms with Gasteiger partial charge < -0.3 is 14.4 Å². The summed E-state index contributed by atoms with van der Waals surface area (Å²) >= 11 is 1.63. The third kappa shape index (κ3) is 5.17. The summed E-state index contributed by atoms with van der Waals surface area (Å²) in [5.74, 6) is 0.897. The van der Waals surface area contributed by atoms with Crippen LogP contribution in [0.25, 0.3) is 0 Å². The Kier molecular flexibility index (Phi) is 6.95. The van der Waals surface area contributed by atoms with E-state index in [-0.39, 0.29) is 4.90 Å². The zero-order valence-electron chi connectivity index (χ0n) is 19.5. The molecule has 0 amide bonds. The maximum Gasteiger partial charge on any atom is 0.185 e. The zero-order chi connectivity index (χ0) is 23.6. The first-order chi connectivity index (χ1) is 15.8. The highest BCUT2D eigenvalue weighted by molar-refractivity contribution is 7.92. The molecule has 0 radical (unpaired) electrons. The van der Waals surface area contributed by atoms with Crippen molar-refractivity contribution in [2.45, 2.75) is 43.3 Å². The number of methoxy groups -OCH3 is 2. The highest BCUT2D eigenvalue weighted by Crippen LogP contribution is 2.35. The Bertz CT molecular complexity index is 1210. The number of rotatable bonds is 7. The molecule has 8 heteroatoms. The van der Waals surface area contributed by atoms with Crippen LogP contribution in [0, 0.1) is 13.8 Å². The lowest BCUT2D eigenvalue weighted by molar-refractivity contribution is 0.385. The van der Waals surface area contributed by atoms with E-state index in [9.17, 15) is 8.42 Å². The minimum absolute atomic E-state index is 0.231. The first kappa shape index (κ1) is 23.6. The number of aryl methyl sites for hydroxylation is 2. The molecule has 176 valence electrons. The Morgan fingerprint density at radius 2 is 1.73 bits per heavy atom. The highest BCUT2D eigenvalue weighted by atomic mass is 32.2. The first-order valence-corrected chi connectivity index (χ1v) is 13.4. The molecule has 0 atom stereocenters. The summed E-state index contributed by atoms with van der Waals surface area (Å²) in [5.41, 5.74) is 4.84. The number of benzene rings is 2. The molecular weight excluding hydrogens is 456 g/mol. The Labute approximate surface area is 200 Å². The van der Waals surface area contributed by atoms with E-state index in [1.165, 1.54) is 23.8 Å². The fourth-order valence-electron chi connectivity index (χ4n) is 4.45. The van der Waals surface area contributed by atoms with Crippen LogP contribution in [0.1, 0.15) is 35.2 Å². The normalized spacial score (nSPS) is 15.0. The number of hydrogen-bond donors (Lipinski definition) is 0. The summed E-state index contributed by atoms with van der Waals surface area (Å²) in [4.78, 5) is 7.27. The van der Waals surface area contributed by atoms with Crippen LogP contribution in [0.5, 0.6) is 11.5 Å². The van der Waals surface area contributed by atoms with Crippen LogP contribution in [0.4, 0.5) is 5.13 Å². The van der Waals surface area contributed by atoms with E-state index in [1.807, 2.05) is 0 Å². The molecule has 3 aromatic rings. The Balaban J connectivity index is 1.43.